The minimum Gasteiger partial charge on any atom is -0.381 e. The van der Waals surface area contributed by atoms with E-state index >= 15 is 0 Å². The lowest BCUT2D eigenvalue weighted by Gasteiger charge is -2.38. The van der Waals surface area contributed by atoms with Crippen LogP contribution < -0.4 is 10.6 Å². The van der Waals surface area contributed by atoms with Crippen LogP contribution in [0.5, 0.6) is 0 Å². The summed E-state index contributed by atoms with van der Waals surface area (Å²) in [5, 5.41) is 5.85. The first kappa shape index (κ1) is 16.9. The Morgan fingerprint density at radius 3 is 2.70 bits per heavy atom. The van der Waals surface area contributed by atoms with E-state index in [2.05, 4.69) is 10.6 Å². The van der Waals surface area contributed by atoms with Crippen LogP contribution in [0, 0.1) is 5.82 Å². The second-order valence-electron chi connectivity index (χ2n) is 4.78. The van der Waals surface area contributed by atoms with Crippen LogP contribution >= 0.6 is 12.4 Å². The zero-order chi connectivity index (χ0) is 13.7. The highest BCUT2D eigenvalue weighted by molar-refractivity contribution is 5.85. The van der Waals surface area contributed by atoms with E-state index in [0.717, 1.165) is 5.56 Å². The molecule has 0 radical (unpaired) electrons. The van der Waals surface area contributed by atoms with Crippen LogP contribution in [0.15, 0.2) is 24.3 Å². The van der Waals surface area contributed by atoms with Crippen LogP contribution in [0.3, 0.4) is 0 Å². The minimum atomic E-state index is -0.520. The average molecular weight is 303 g/mol. The van der Waals surface area contributed by atoms with Gasteiger partial charge in [0.25, 0.3) is 0 Å². The molecule has 20 heavy (non-hydrogen) atoms. The van der Waals surface area contributed by atoms with E-state index in [1.54, 1.807) is 13.1 Å². The molecule has 0 saturated carbocycles. The van der Waals surface area contributed by atoms with E-state index in [1.165, 1.54) is 12.1 Å². The Bertz CT molecular complexity index is 451. The Hall–Kier alpha value is -1.17. The SMILES string of the molecule is CNCC(=O)NC1(c2cccc(F)c2)CCOCC1.Cl. The smallest absolute Gasteiger partial charge is 0.234 e. The van der Waals surface area contributed by atoms with Crippen LogP contribution in [0.2, 0.25) is 0 Å². The van der Waals surface area contributed by atoms with Crippen molar-refractivity contribution in [2.45, 2.75) is 18.4 Å². The van der Waals surface area contributed by atoms with E-state index < -0.39 is 5.54 Å². The summed E-state index contributed by atoms with van der Waals surface area (Å²) in [5.74, 6) is -0.375. The number of rotatable bonds is 4. The first-order valence-corrected chi connectivity index (χ1v) is 6.46. The molecular weight excluding hydrogens is 283 g/mol. The minimum absolute atomic E-state index is 0. The Morgan fingerprint density at radius 2 is 2.10 bits per heavy atom. The lowest BCUT2D eigenvalue weighted by atomic mass is 9.82. The third kappa shape index (κ3) is 3.91. The number of nitrogens with one attached hydrogen (secondary N) is 2. The molecule has 1 saturated heterocycles. The maximum atomic E-state index is 13.4. The fourth-order valence-corrected chi connectivity index (χ4v) is 2.46. The number of hydrogen-bond acceptors (Lipinski definition) is 3. The summed E-state index contributed by atoms with van der Waals surface area (Å²) in [5.41, 5.74) is 0.286. The predicted octanol–water partition coefficient (Wildman–Crippen LogP) is 1.59. The van der Waals surface area contributed by atoms with Gasteiger partial charge in [-0.25, -0.2) is 4.39 Å². The molecule has 1 aromatic rings. The summed E-state index contributed by atoms with van der Waals surface area (Å²) in [6.07, 6.45) is 1.32. The summed E-state index contributed by atoms with van der Waals surface area (Å²) >= 11 is 0. The molecule has 4 nitrogen and oxygen atoms in total. The highest BCUT2D eigenvalue weighted by atomic mass is 35.5. The van der Waals surface area contributed by atoms with Crippen molar-refractivity contribution in [1.29, 1.82) is 0 Å². The van der Waals surface area contributed by atoms with Crippen molar-refractivity contribution in [1.82, 2.24) is 10.6 Å². The highest BCUT2D eigenvalue weighted by Gasteiger charge is 2.35. The second-order valence-corrected chi connectivity index (χ2v) is 4.78. The first-order valence-electron chi connectivity index (χ1n) is 6.46. The second kappa shape index (κ2) is 7.57. The molecule has 1 aliphatic rings. The van der Waals surface area contributed by atoms with E-state index in [4.69, 9.17) is 4.74 Å². The Labute approximate surface area is 124 Å². The molecule has 0 aliphatic carbocycles. The monoisotopic (exact) mass is 302 g/mol. The van der Waals surface area contributed by atoms with Crippen molar-refractivity contribution in [3.63, 3.8) is 0 Å². The van der Waals surface area contributed by atoms with Gasteiger partial charge in [0.15, 0.2) is 0 Å². The predicted molar refractivity (Wildman–Crippen MR) is 77.4 cm³/mol. The number of benzene rings is 1. The molecule has 1 aromatic carbocycles. The summed E-state index contributed by atoms with van der Waals surface area (Å²) in [6.45, 7) is 1.38. The van der Waals surface area contributed by atoms with Gasteiger partial charge in [-0.1, -0.05) is 12.1 Å². The van der Waals surface area contributed by atoms with Gasteiger partial charge in [0, 0.05) is 13.2 Å². The van der Waals surface area contributed by atoms with Crippen LogP contribution in [0.4, 0.5) is 4.39 Å². The Balaban J connectivity index is 0.00000200. The molecule has 1 fully saturated rings. The number of hydrogen-bond donors (Lipinski definition) is 2. The van der Waals surface area contributed by atoms with E-state index in [1.807, 2.05) is 6.07 Å². The number of ether oxygens (including phenoxy) is 1. The molecule has 2 rings (SSSR count). The zero-order valence-corrected chi connectivity index (χ0v) is 12.3. The van der Waals surface area contributed by atoms with Gasteiger partial charge >= 0.3 is 0 Å². The molecule has 2 N–H and O–H groups in total. The fraction of sp³-hybridized carbons (Fsp3) is 0.500. The van der Waals surface area contributed by atoms with Gasteiger partial charge in [-0.2, -0.15) is 0 Å². The average Bonchev–Trinajstić information content (AvgIpc) is 2.40. The van der Waals surface area contributed by atoms with Gasteiger partial charge in [0.2, 0.25) is 5.91 Å². The van der Waals surface area contributed by atoms with Crippen molar-refractivity contribution < 1.29 is 13.9 Å². The van der Waals surface area contributed by atoms with Gasteiger partial charge in [-0.15, -0.1) is 12.4 Å². The molecule has 0 bridgehead atoms. The number of likely N-dealkylation sites (N-methyl/N-ethyl adjacent to an activating group) is 1. The van der Waals surface area contributed by atoms with Crippen molar-refractivity contribution >= 4 is 18.3 Å². The number of amides is 1. The maximum absolute atomic E-state index is 13.4. The fourth-order valence-electron chi connectivity index (χ4n) is 2.46. The number of carbonyl (C=O) groups excluding carboxylic acids is 1. The van der Waals surface area contributed by atoms with Crippen LogP contribution in [-0.4, -0.2) is 32.7 Å². The molecule has 0 aromatic heterocycles. The largest absolute Gasteiger partial charge is 0.381 e. The van der Waals surface area contributed by atoms with Crippen LogP contribution in [-0.2, 0) is 15.1 Å². The molecule has 1 aliphatic heterocycles. The molecule has 112 valence electrons. The van der Waals surface area contributed by atoms with Crippen molar-refractivity contribution in [3.05, 3.63) is 35.6 Å². The van der Waals surface area contributed by atoms with Gasteiger partial charge in [0.1, 0.15) is 5.82 Å². The Morgan fingerprint density at radius 1 is 1.40 bits per heavy atom. The number of halogens is 2. The molecule has 0 atom stereocenters. The topological polar surface area (TPSA) is 50.4 Å². The van der Waals surface area contributed by atoms with E-state index in [0.29, 0.717) is 26.1 Å². The number of carbonyl (C=O) groups is 1. The van der Waals surface area contributed by atoms with Gasteiger partial charge in [0.05, 0.1) is 12.1 Å². The summed E-state index contributed by atoms with van der Waals surface area (Å²) in [7, 11) is 1.72. The highest BCUT2D eigenvalue weighted by Crippen LogP contribution is 2.32. The molecule has 0 unspecified atom stereocenters. The molecule has 1 heterocycles. The van der Waals surface area contributed by atoms with Gasteiger partial charge in [-0.05, 0) is 37.6 Å². The first-order chi connectivity index (χ1) is 9.16. The van der Waals surface area contributed by atoms with Crippen molar-refractivity contribution in [2.75, 3.05) is 26.8 Å². The molecule has 6 heteroatoms. The lowest BCUT2D eigenvalue weighted by Crippen LogP contribution is -2.51. The zero-order valence-electron chi connectivity index (χ0n) is 11.4. The van der Waals surface area contributed by atoms with Gasteiger partial charge in [-0.3, -0.25) is 4.79 Å². The van der Waals surface area contributed by atoms with Crippen LogP contribution in [0.25, 0.3) is 0 Å². The molecular formula is C14H20ClFN2O2. The summed E-state index contributed by atoms with van der Waals surface area (Å²) in [6, 6.07) is 6.43. The van der Waals surface area contributed by atoms with Crippen molar-refractivity contribution in [2.24, 2.45) is 0 Å². The third-order valence-corrected chi connectivity index (χ3v) is 3.44. The molecule has 0 spiro atoms. The van der Waals surface area contributed by atoms with Crippen LogP contribution in [0.1, 0.15) is 18.4 Å². The third-order valence-electron chi connectivity index (χ3n) is 3.44. The van der Waals surface area contributed by atoms with Gasteiger partial charge < -0.3 is 15.4 Å². The summed E-state index contributed by atoms with van der Waals surface area (Å²) < 4.78 is 18.8. The van der Waals surface area contributed by atoms with Crippen molar-refractivity contribution in [3.8, 4) is 0 Å². The summed E-state index contributed by atoms with van der Waals surface area (Å²) in [4.78, 5) is 11.9. The van der Waals surface area contributed by atoms with E-state index in [9.17, 15) is 9.18 Å². The Kier molecular flexibility index (Phi) is 6.39. The lowest BCUT2D eigenvalue weighted by molar-refractivity contribution is -0.123. The van der Waals surface area contributed by atoms with E-state index in [-0.39, 0.29) is 30.7 Å². The normalized spacial score (nSPS) is 17.1. The maximum Gasteiger partial charge on any atom is 0.234 e. The standard InChI is InChI=1S/C14H19FN2O2.ClH/c1-16-10-13(18)17-14(5-7-19-8-6-14)11-3-2-4-12(15)9-11;/h2-4,9,16H,5-8,10H2,1H3,(H,17,18);1H. The molecule has 1 amide bonds. The quantitative estimate of drug-likeness (QED) is 0.888.